The Bertz CT molecular complexity index is 504. The fraction of sp³-hybridized carbons (Fsp3) is 0.467. The maximum Gasteiger partial charge on any atom is 0.255 e. The fourth-order valence-corrected chi connectivity index (χ4v) is 1.62. The minimum atomic E-state index is -0.648. The highest BCUT2D eigenvalue weighted by molar-refractivity contribution is 6.04. The molecule has 1 rings (SSSR count). The van der Waals surface area contributed by atoms with Gasteiger partial charge in [0.05, 0.1) is 17.3 Å². The maximum atomic E-state index is 12.1. The number of anilines is 1. The van der Waals surface area contributed by atoms with E-state index in [1.54, 1.807) is 38.4 Å². The molecule has 0 aromatic heterocycles. The van der Waals surface area contributed by atoms with Crippen molar-refractivity contribution in [3.63, 3.8) is 0 Å². The van der Waals surface area contributed by atoms with E-state index in [1.165, 1.54) is 4.90 Å². The Labute approximate surface area is 120 Å². The highest BCUT2D eigenvalue weighted by atomic mass is 16.2. The molecule has 5 nitrogen and oxygen atoms in total. The zero-order valence-electron chi connectivity index (χ0n) is 12.7. The highest BCUT2D eigenvalue weighted by Gasteiger charge is 2.28. The number of amides is 2. The zero-order valence-corrected chi connectivity index (χ0v) is 12.7. The second-order valence-electron chi connectivity index (χ2n) is 6.08. The summed E-state index contributed by atoms with van der Waals surface area (Å²) in [4.78, 5) is 25.7. The molecule has 0 radical (unpaired) electrons. The predicted octanol–water partition coefficient (Wildman–Crippen LogP) is 1.70. The lowest BCUT2D eigenvalue weighted by atomic mass is 9.87. The second-order valence-corrected chi connectivity index (χ2v) is 6.08. The molecule has 20 heavy (non-hydrogen) atoms. The number of nitrogens with zero attached hydrogens (tertiary/aromatic N) is 1. The molecule has 0 aliphatic carbocycles. The molecule has 0 fully saturated rings. The summed E-state index contributed by atoms with van der Waals surface area (Å²) in [5.41, 5.74) is 6.51. The monoisotopic (exact) mass is 277 g/mol. The first-order chi connectivity index (χ1) is 9.14. The molecule has 110 valence electrons. The molecular formula is C15H23N3O2. The predicted molar refractivity (Wildman–Crippen MR) is 80.5 cm³/mol. The van der Waals surface area contributed by atoms with Crippen molar-refractivity contribution in [1.82, 2.24) is 4.90 Å². The summed E-state index contributed by atoms with van der Waals surface area (Å²) in [6.45, 7) is 5.69. The number of hydrogen-bond acceptors (Lipinski definition) is 3. The van der Waals surface area contributed by atoms with Gasteiger partial charge in [-0.3, -0.25) is 9.59 Å². The van der Waals surface area contributed by atoms with Crippen LogP contribution in [0.3, 0.4) is 0 Å². The Morgan fingerprint density at radius 2 is 1.75 bits per heavy atom. The lowest BCUT2D eigenvalue weighted by molar-refractivity contribution is -0.119. The van der Waals surface area contributed by atoms with Crippen LogP contribution in [-0.4, -0.2) is 36.9 Å². The molecule has 1 aromatic carbocycles. The second kappa shape index (κ2) is 6.05. The number of carbonyl (C=O) groups excluding carboxylic acids is 2. The SMILES string of the molecule is CN(C)C(=O)c1ccccc1NC(=O)C(N)C(C)(C)C. The van der Waals surface area contributed by atoms with Crippen molar-refractivity contribution in [2.24, 2.45) is 11.1 Å². The number of hydrogen-bond donors (Lipinski definition) is 2. The molecule has 0 saturated carbocycles. The van der Waals surface area contributed by atoms with E-state index >= 15 is 0 Å². The quantitative estimate of drug-likeness (QED) is 0.883. The summed E-state index contributed by atoms with van der Waals surface area (Å²) in [6, 6.07) is 6.26. The van der Waals surface area contributed by atoms with Crippen LogP contribution in [0.2, 0.25) is 0 Å². The van der Waals surface area contributed by atoms with Gasteiger partial charge in [0.2, 0.25) is 5.91 Å². The van der Waals surface area contributed by atoms with Gasteiger partial charge in [0, 0.05) is 14.1 Å². The van der Waals surface area contributed by atoms with Crippen molar-refractivity contribution in [2.75, 3.05) is 19.4 Å². The Morgan fingerprint density at radius 3 is 2.25 bits per heavy atom. The van der Waals surface area contributed by atoms with Crippen LogP contribution in [0.1, 0.15) is 31.1 Å². The van der Waals surface area contributed by atoms with E-state index in [1.807, 2.05) is 20.8 Å². The number of benzene rings is 1. The molecule has 0 heterocycles. The molecule has 0 aliphatic rings. The van der Waals surface area contributed by atoms with E-state index in [9.17, 15) is 9.59 Å². The Kier molecular flexibility index (Phi) is 4.89. The standard InChI is InChI=1S/C15H23N3O2/c1-15(2,3)12(16)13(19)17-11-9-7-6-8-10(11)14(20)18(4)5/h6-9,12H,16H2,1-5H3,(H,17,19). The van der Waals surface area contributed by atoms with Crippen LogP contribution in [0.5, 0.6) is 0 Å². The molecule has 5 heteroatoms. The molecular weight excluding hydrogens is 254 g/mol. The van der Waals surface area contributed by atoms with Crippen molar-refractivity contribution in [1.29, 1.82) is 0 Å². The fourth-order valence-electron chi connectivity index (χ4n) is 1.62. The van der Waals surface area contributed by atoms with Crippen LogP contribution in [0.15, 0.2) is 24.3 Å². The number of carbonyl (C=O) groups is 2. The average Bonchev–Trinajstić information content (AvgIpc) is 2.36. The van der Waals surface area contributed by atoms with Gasteiger partial charge >= 0.3 is 0 Å². The van der Waals surface area contributed by atoms with Crippen molar-refractivity contribution in [2.45, 2.75) is 26.8 Å². The van der Waals surface area contributed by atoms with Gasteiger partial charge < -0.3 is 16.0 Å². The maximum absolute atomic E-state index is 12.1. The normalized spacial score (nSPS) is 12.7. The van der Waals surface area contributed by atoms with E-state index < -0.39 is 6.04 Å². The van der Waals surface area contributed by atoms with Gasteiger partial charge in [-0.15, -0.1) is 0 Å². The van der Waals surface area contributed by atoms with E-state index in [2.05, 4.69) is 5.32 Å². The van der Waals surface area contributed by atoms with E-state index in [0.29, 0.717) is 11.3 Å². The Balaban J connectivity index is 2.99. The molecule has 0 aliphatic heterocycles. The lowest BCUT2D eigenvalue weighted by Gasteiger charge is -2.26. The molecule has 1 aromatic rings. The van der Waals surface area contributed by atoms with Crippen LogP contribution < -0.4 is 11.1 Å². The lowest BCUT2D eigenvalue weighted by Crippen LogP contribution is -2.45. The summed E-state index contributed by atoms with van der Waals surface area (Å²) in [5.74, 6) is -0.457. The topological polar surface area (TPSA) is 75.4 Å². The minimum Gasteiger partial charge on any atom is -0.345 e. The summed E-state index contributed by atoms with van der Waals surface area (Å²) in [5, 5.41) is 2.74. The smallest absolute Gasteiger partial charge is 0.255 e. The van der Waals surface area contributed by atoms with Gasteiger partial charge in [0.1, 0.15) is 0 Å². The molecule has 0 bridgehead atoms. The zero-order chi connectivity index (χ0) is 15.5. The van der Waals surface area contributed by atoms with Crippen LogP contribution >= 0.6 is 0 Å². The number of rotatable bonds is 3. The molecule has 1 unspecified atom stereocenters. The van der Waals surface area contributed by atoms with Crippen molar-refractivity contribution in [3.05, 3.63) is 29.8 Å². The Hall–Kier alpha value is -1.88. The summed E-state index contributed by atoms with van der Waals surface area (Å²) < 4.78 is 0. The van der Waals surface area contributed by atoms with Gasteiger partial charge in [-0.2, -0.15) is 0 Å². The van der Waals surface area contributed by atoms with Gasteiger partial charge in [-0.05, 0) is 17.5 Å². The van der Waals surface area contributed by atoms with Gasteiger partial charge in [-0.1, -0.05) is 32.9 Å². The van der Waals surface area contributed by atoms with E-state index in [0.717, 1.165) is 0 Å². The number of para-hydroxylation sites is 1. The van der Waals surface area contributed by atoms with Crippen LogP contribution in [0.4, 0.5) is 5.69 Å². The van der Waals surface area contributed by atoms with E-state index in [4.69, 9.17) is 5.73 Å². The number of nitrogens with one attached hydrogen (secondary N) is 1. The first-order valence-electron chi connectivity index (χ1n) is 6.51. The summed E-state index contributed by atoms with van der Waals surface area (Å²) >= 11 is 0. The minimum absolute atomic E-state index is 0.162. The highest BCUT2D eigenvalue weighted by Crippen LogP contribution is 2.21. The van der Waals surface area contributed by atoms with E-state index in [-0.39, 0.29) is 17.2 Å². The molecule has 2 amide bonds. The molecule has 0 spiro atoms. The summed E-state index contributed by atoms with van der Waals surface area (Å²) in [6.07, 6.45) is 0. The van der Waals surface area contributed by atoms with Crippen molar-refractivity contribution < 1.29 is 9.59 Å². The summed E-state index contributed by atoms with van der Waals surface area (Å²) in [7, 11) is 3.34. The van der Waals surface area contributed by atoms with Crippen molar-refractivity contribution in [3.8, 4) is 0 Å². The first-order valence-corrected chi connectivity index (χ1v) is 6.51. The van der Waals surface area contributed by atoms with Gasteiger partial charge in [-0.25, -0.2) is 0 Å². The third-order valence-electron chi connectivity index (χ3n) is 3.04. The molecule has 3 N–H and O–H groups in total. The first kappa shape index (κ1) is 16.2. The average molecular weight is 277 g/mol. The van der Waals surface area contributed by atoms with Gasteiger partial charge in [0.15, 0.2) is 0 Å². The van der Waals surface area contributed by atoms with Gasteiger partial charge in [0.25, 0.3) is 5.91 Å². The third-order valence-corrected chi connectivity index (χ3v) is 3.04. The van der Waals surface area contributed by atoms with Crippen LogP contribution in [0, 0.1) is 5.41 Å². The van der Waals surface area contributed by atoms with Crippen molar-refractivity contribution >= 4 is 17.5 Å². The number of nitrogens with two attached hydrogens (primary N) is 1. The Morgan fingerprint density at radius 1 is 1.20 bits per heavy atom. The van der Waals surface area contributed by atoms with Crippen LogP contribution in [0.25, 0.3) is 0 Å². The molecule has 1 atom stereocenters. The largest absolute Gasteiger partial charge is 0.345 e. The molecule has 0 saturated heterocycles. The third kappa shape index (κ3) is 3.81. The van der Waals surface area contributed by atoms with Crippen LogP contribution in [-0.2, 0) is 4.79 Å².